The number of carbonyl (C=O) groups is 3. The number of carbonyl (C=O) groups excluding carboxylic acids is 3. The van der Waals surface area contributed by atoms with Crippen LogP contribution in [0.5, 0.6) is 5.75 Å². The van der Waals surface area contributed by atoms with Gasteiger partial charge in [-0.2, -0.15) is 0 Å². The summed E-state index contributed by atoms with van der Waals surface area (Å²) in [5.74, 6) is -0.606. The third kappa shape index (κ3) is 5.11. The van der Waals surface area contributed by atoms with Crippen molar-refractivity contribution in [2.45, 2.75) is 6.92 Å². The number of hydrogen-bond donors (Lipinski definition) is 3. The van der Waals surface area contributed by atoms with Gasteiger partial charge in [0.25, 0.3) is 5.91 Å². The van der Waals surface area contributed by atoms with Crippen LogP contribution in [0.4, 0.5) is 16.2 Å². The molecule has 0 spiro atoms. The lowest BCUT2D eigenvalue weighted by molar-refractivity contribution is -0.114. The van der Waals surface area contributed by atoms with Gasteiger partial charge in [0.15, 0.2) is 0 Å². The lowest BCUT2D eigenvalue weighted by atomic mass is 10.2. The average molecular weight is 396 g/mol. The largest absolute Gasteiger partial charge is 0.495 e. The molecule has 9 heteroatoms. The molecule has 136 valence electrons. The molecule has 0 atom stereocenters. The number of hydrogen-bond acceptors (Lipinski definition) is 4. The van der Waals surface area contributed by atoms with E-state index in [4.69, 9.17) is 27.9 Å². The Morgan fingerprint density at radius 2 is 1.73 bits per heavy atom. The predicted octanol–water partition coefficient (Wildman–Crippen LogP) is 3.92. The standard InChI is InChI=1S/C17H15Cl2N3O4/c1-9(23)20-11-4-6-15(26-2)14(8-11)21-17(25)22-16(24)12-5-3-10(18)7-13(12)19/h3-8H,1-2H3,(H,20,23)(H2,21,22,24,25). The number of rotatable bonds is 4. The Kier molecular flexibility index (Phi) is 6.43. The van der Waals surface area contributed by atoms with Crippen LogP contribution in [0, 0.1) is 0 Å². The highest BCUT2D eigenvalue weighted by molar-refractivity contribution is 6.37. The smallest absolute Gasteiger partial charge is 0.326 e. The first kappa shape index (κ1) is 19.6. The summed E-state index contributed by atoms with van der Waals surface area (Å²) in [5.41, 5.74) is 0.831. The molecule has 2 rings (SSSR count). The summed E-state index contributed by atoms with van der Waals surface area (Å²) >= 11 is 11.7. The van der Waals surface area contributed by atoms with Crippen LogP contribution in [0.1, 0.15) is 17.3 Å². The zero-order valence-corrected chi connectivity index (χ0v) is 15.4. The first-order chi connectivity index (χ1) is 12.3. The maximum Gasteiger partial charge on any atom is 0.326 e. The molecular weight excluding hydrogens is 381 g/mol. The first-order valence-electron chi connectivity index (χ1n) is 7.33. The second kappa shape index (κ2) is 8.55. The van der Waals surface area contributed by atoms with Crippen molar-refractivity contribution in [1.29, 1.82) is 0 Å². The monoisotopic (exact) mass is 395 g/mol. The van der Waals surface area contributed by atoms with Gasteiger partial charge in [-0.05, 0) is 36.4 Å². The molecule has 7 nitrogen and oxygen atoms in total. The summed E-state index contributed by atoms with van der Waals surface area (Å²) in [4.78, 5) is 35.4. The molecule has 2 aromatic rings. The third-order valence-electron chi connectivity index (χ3n) is 3.17. The molecule has 0 heterocycles. The van der Waals surface area contributed by atoms with E-state index in [0.717, 1.165) is 0 Å². The Hall–Kier alpha value is -2.77. The van der Waals surface area contributed by atoms with Gasteiger partial charge in [-0.1, -0.05) is 23.2 Å². The Morgan fingerprint density at radius 1 is 1.00 bits per heavy atom. The second-order valence-corrected chi connectivity index (χ2v) is 5.97. The SMILES string of the molecule is COc1ccc(NC(C)=O)cc1NC(=O)NC(=O)c1ccc(Cl)cc1Cl. The van der Waals surface area contributed by atoms with Crippen LogP contribution >= 0.6 is 23.2 Å². The van der Waals surface area contributed by atoms with Gasteiger partial charge in [-0.25, -0.2) is 4.79 Å². The molecule has 0 saturated heterocycles. The van der Waals surface area contributed by atoms with Crippen LogP contribution in [0.3, 0.4) is 0 Å². The van der Waals surface area contributed by atoms with E-state index in [1.165, 1.54) is 38.3 Å². The topological polar surface area (TPSA) is 96.5 Å². The number of urea groups is 1. The van der Waals surface area contributed by atoms with Crippen molar-refractivity contribution in [2.75, 3.05) is 17.7 Å². The Bertz CT molecular complexity index is 871. The van der Waals surface area contributed by atoms with Gasteiger partial charge in [-0.3, -0.25) is 14.9 Å². The van der Waals surface area contributed by atoms with E-state index in [2.05, 4.69) is 16.0 Å². The number of methoxy groups -OCH3 is 1. The minimum Gasteiger partial charge on any atom is -0.495 e. The molecule has 0 bridgehead atoms. The van der Waals surface area contributed by atoms with E-state index in [9.17, 15) is 14.4 Å². The van der Waals surface area contributed by atoms with Crippen LogP contribution in [0.25, 0.3) is 0 Å². The number of amides is 4. The molecule has 2 aromatic carbocycles. The fourth-order valence-corrected chi connectivity index (χ4v) is 2.58. The quantitative estimate of drug-likeness (QED) is 0.730. The summed E-state index contributed by atoms with van der Waals surface area (Å²) < 4.78 is 5.15. The third-order valence-corrected chi connectivity index (χ3v) is 3.72. The first-order valence-corrected chi connectivity index (χ1v) is 8.08. The summed E-state index contributed by atoms with van der Waals surface area (Å²) in [6, 6.07) is 8.18. The normalized spacial score (nSPS) is 10.0. The zero-order valence-electron chi connectivity index (χ0n) is 13.9. The van der Waals surface area contributed by atoms with Crippen molar-refractivity contribution >= 4 is 52.4 Å². The Balaban J connectivity index is 2.13. The van der Waals surface area contributed by atoms with Gasteiger partial charge in [0.05, 0.1) is 23.4 Å². The molecule has 0 aliphatic rings. The van der Waals surface area contributed by atoms with Crippen molar-refractivity contribution in [3.63, 3.8) is 0 Å². The van der Waals surface area contributed by atoms with Gasteiger partial charge in [0, 0.05) is 17.6 Å². The van der Waals surface area contributed by atoms with Gasteiger partial charge < -0.3 is 15.4 Å². The molecule has 0 fully saturated rings. The highest BCUT2D eigenvalue weighted by atomic mass is 35.5. The van der Waals surface area contributed by atoms with Crippen LogP contribution in [0.2, 0.25) is 10.0 Å². The van der Waals surface area contributed by atoms with Crippen LogP contribution in [-0.4, -0.2) is 25.0 Å². The minimum atomic E-state index is -0.792. The van der Waals surface area contributed by atoms with Gasteiger partial charge in [0.2, 0.25) is 5.91 Å². The fraction of sp³-hybridized carbons (Fsp3) is 0.118. The number of imide groups is 1. The van der Waals surface area contributed by atoms with Crippen molar-refractivity contribution in [1.82, 2.24) is 5.32 Å². The van der Waals surface area contributed by atoms with Crippen LogP contribution in [0.15, 0.2) is 36.4 Å². The minimum absolute atomic E-state index is 0.102. The second-order valence-electron chi connectivity index (χ2n) is 5.13. The molecule has 0 aliphatic carbocycles. The average Bonchev–Trinajstić information content (AvgIpc) is 2.54. The van der Waals surface area contributed by atoms with E-state index in [1.54, 1.807) is 12.1 Å². The number of halogens is 2. The number of ether oxygens (including phenoxy) is 1. The fourth-order valence-electron chi connectivity index (χ4n) is 2.08. The van der Waals surface area contributed by atoms with E-state index >= 15 is 0 Å². The lowest BCUT2D eigenvalue weighted by Gasteiger charge is -2.13. The van der Waals surface area contributed by atoms with E-state index in [0.29, 0.717) is 16.5 Å². The molecule has 3 N–H and O–H groups in total. The predicted molar refractivity (Wildman–Crippen MR) is 100 cm³/mol. The maximum absolute atomic E-state index is 12.2. The Morgan fingerprint density at radius 3 is 2.35 bits per heavy atom. The zero-order chi connectivity index (χ0) is 19.3. The summed E-state index contributed by atoms with van der Waals surface area (Å²) in [7, 11) is 1.43. The molecule has 26 heavy (non-hydrogen) atoms. The number of benzene rings is 2. The van der Waals surface area contributed by atoms with Crippen LogP contribution in [-0.2, 0) is 4.79 Å². The van der Waals surface area contributed by atoms with Crippen molar-refractivity contribution in [2.24, 2.45) is 0 Å². The van der Waals surface area contributed by atoms with Gasteiger partial charge in [0.1, 0.15) is 5.75 Å². The van der Waals surface area contributed by atoms with E-state index < -0.39 is 11.9 Å². The molecule has 0 radical (unpaired) electrons. The number of nitrogens with one attached hydrogen (secondary N) is 3. The highest BCUT2D eigenvalue weighted by Gasteiger charge is 2.15. The summed E-state index contributed by atoms with van der Waals surface area (Å²) in [5, 5.41) is 7.72. The molecule has 0 saturated carbocycles. The highest BCUT2D eigenvalue weighted by Crippen LogP contribution is 2.28. The summed E-state index contributed by atoms with van der Waals surface area (Å²) in [6.07, 6.45) is 0. The molecule has 0 unspecified atom stereocenters. The number of anilines is 2. The summed E-state index contributed by atoms with van der Waals surface area (Å²) in [6.45, 7) is 1.36. The van der Waals surface area contributed by atoms with Crippen molar-refractivity contribution in [3.8, 4) is 5.75 Å². The van der Waals surface area contributed by atoms with Crippen molar-refractivity contribution < 1.29 is 19.1 Å². The molecule has 0 aliphatic heterocycles. The maximum atomic E-state index is 12.2. The molecule has 4 amide bonds. The van der Waals surface area contributed by atoms with Crippen LogP contribution < -0.4 is 20.7 Å². The Labute approximate surface area is 159 Å². The van der Waals surface area contributed by atoms with Crippen molar-refractivity contribution in [3.05, 3.63) is 52.0 Å². The molecule has 0 aromatic heterocycles. The van der Waals surface area contributed by atoms with Gasteiger partial charge >= 0.3 is 6.03 Å². The van der Waals surface area contributed by atoms with E-state index in [1.807, 2.05) is 0 Å². The lowest BCUT2D eigenvalue weighted by Crippen LogP contribution is -2.34. The molecular formula is C17H15Cl2N3O4. The van der Waals surface area contributed by atoms with E-state index in [-0.39, 0.29) is 22.2 Å². The van der Waals surface area contributed by atoms with Gasteiger partial charge in [-0.15, -0.1) is 0 Å².